The molecule has 0 aliphatic heterocycles. The number of amides is 1. The van der Waals surface area contributed by atoms with Crippen LogP contribution in [-0.2, 0) is 17.8 Å². The van der Waals surface area contributed by atoms with Crippen LogP contribution in [0.2, 0.25) is 0 Å². The Labute approximate surface area is 148 Å². The second-order valence-electron chi connectivity index (χ2n) is 5.77. The van der Waals surface area contributed by atoms with Crippen LogP contribution in [0.3, 0.4) is 0 Å². The predicted octanol–water partition coefficient (Wildman–Crippen LogP) is 0.816. The van der Waals surface area contributed by atoms with Crippen LogP contribution in [0.5, 0.6) is 0 Å². The molecule has 130 valence electrons. The number of aromatic nitrogens is 7. The highest BCUT2D eigenvalue weighted by Crippen LogP contribution is 2.14. The van der Waals surface area contributed by atoms with Crippen molar-refractivity contribution in [2.75, 3.05) is 0 Å². The number of nitrogens with zero attached hydrogens (tertiary/aromatic N) is 7. The smallest absolute Gasteiger partial charge is 0.245 e. The molecule has 4 rings (SSSR count). The Kier molecular flexibility index (Phi) is 4.33. The number of hydrogen-bond donors (Lipinski definition) is 1. The topological polar surface area (TPSA) is 103 Å². The Morgan fingerprint density at radius 1 is 1.19 bits per heavy atom. The van der Waals surface area contributed by atoms with E-state index in [0.717, 1.165) is 16.8 Å². The summed E-state index contributed by atoms with van der Waals surface area (Å²) in [5.74, 6) is -0.170. The molecule has 0 radical (unpaired) electrons. The zero-order valence-corrected chi connectivity index (χ0v) is 13.8. The lowest BCUT2D eigenvalue weighted by molar-refractivity contribution is -0.124. The molecule has 0 unspecified atom stereocenters. The lowest BCUT2D eigenvalue weighted by Crippen LogP contribution is -2.34. The van der Waals surface area contributed by atoms with Gasteiger partial charge in [0, 0.05) is 30.9 Å². The molecule has 1 aromatic carbocycles. The zero-order chi connectivity index (χ0) is 17.8. The summed E-state index contributed by atoms with van der Waals surface area (Å²) >= 11 is 0. The Hall–Kier alpha value is -3.62. The molecule has 26 heavy (non-hydrogen) atoms. The van der Waals surface area contributed by atoms with E-state index in [9.17, 15) is 4.79 Å². The fraction of sp³-hybridized carbons (Fsp3) is 0.176. The van der Waals surface area contributed by atoms with Crippen molar-refractivity contribution in [2.45, 2.75) is 19.0 Å². The summed E-state index contributed by atoms with van der Waals surface area (Å²) in [6.45, 7) is 0.326. The highest BCUT2D eigenvalue weighted by Gasteiger charge is 2.22. The molecule has 4 aromatic rings. The second kappa shape index (κ2) is 7.09. The molecule has 0 aliphatic rings. The van der Waals surface area contributed by atoms with E-state index < -0.39 is 6.04 Å². The van der Waals surface area contributed by atoms with Gasteiger partial charge in [0.15, 0.2) is 5.65 Å². The molecular formula is C17H16N8O. The van der Waals surface area contributed by atoms with Crippen LogP contribution >= 0.6 is 0 Å². The molecular weight excluding hydrogens is 332 g/mol. The highest BCUT2D eigenvalue weighted by atomic mass is 16.2. The Morgan fingerprint density at radius 3 is 2.88 bits per heavy atom. The van der Waals surface area contributed by atoms with Crippen LogP contribution in [0.1, 0.15) is 17.2 Å². The van der Waals surface area contributed by atoms with Gasteiger partial charge >= 0.3 is 0 Å². The van der Waals surface area contributed by atoms with Crippen molar-refractivity contribution >= 4 is 11.6 Å². The van der Waals surface area contributed by atoms with Gasteiger partial charge in [-0.2, -0.15) is 5.10 Å². The largest absolute Gasteiger partial charge is 0.350 e. The van der Waals surface area contributed by atoms with Crippen molar-refractivity contribution in [3.8, 4) is 0 Å². The minimum absolute atomic E-state index is 0.170. The maximum Gasteiger partial charge on any atom is 0.245 e. The standard InChI is InChI=1S/C17H16N8O/c26-17(19-10-14-11-21-24-8-4-7-18-16(14)24)15(25-12-20-22-23-25)9-13-5-2-1-3-6-13/h1-8,11-12,15H,9-10H2,(H,19,26)/t15-/m0/s1. The molecule has 0 bridgehead atoms. The summed E-state index contributed by atoms with van der Waals surface area (Å²) in [7, 11) is 0. The molecule has 1 N–H and O–H groups in total. The first kappa shape index (κ1) is 15.9. The van der Waals surface area contributed by atoms with Crippen LogP contribution in [0, 0.1) is 0 Å². The third kappa shape index (κ3) is 3.27. The van der Waals surface area contributed by atoms with Crippen molar-refractivity contribution in [3.05, 3.63) is 72.4 Å². The van der Waals surface area contributed by atoms with Crippen molar-refractivity contribution in [1.82, 2.24) is 40.1 Å². The van der Waals surface area contributed by atoms with Gasteiger partial charge in [-0.3, -0.25) is 4.79 Å². The first-order valence-electron chi connectivity index (χ1n) is 8.12. The lowest BCUT2D eigenvalue weighted by atomic mass is 10.1. The van der Waals surface area contributed by atoms with Crippen LogP contribution in [0.4, 0.5) is 0 Å². The summed E-state index contributed by atoms with van der Waals surface area (Å²) in [6, 6.07) is 11.0. The monoisotopic (exact) mass is 348 g/mol. The Balaban J connectivity index is 1.51. The van der Waals surface area contributed by atoms with Gasteiger partial charge in [0.05, 0.1) is 6.20 Å². The quantitative estimate of drug-likeness (QED) is 0.553. The molecule has 3 aromatic heterocycles. The van der Waals surface area contributed by atoms with Gasteiger partial charge in [-0.15, -0.1) is 5.10 Å². The number of rotatable bonds is 6. The molecule has 9 heteroatoms. The van der Waals surface area contributed by atoms with Crippen molar-refractivity contribution < 1.29 is 4.79 Å². The zero-order valence-electron chi connectivity index (χ0n) is 13.8. The molecule has 3 heterocycles. The number of benzene rings is 1. The van der Waals surface area contributed by atoms with Gasteiger partial charge in [-0.05, 0) is 22.1 Å². The molecule has 0 aliphatic carbocycles. The molecule has 0 saturated heterocycles. The minimum atomic E-state index is -0.540. The predicted molar refractivity (Wildman–Crippen MR) is 91.8 cm³/mol. The van der Waals surface area contributed by atoms with Gasteiger partial charge < -0.3 is 5.32 Å². The third-order valence-electron chi connectivity index (χ3n) is 4.06. The normalized spacial score (nSPS) is 12.2. The number of hydrogen-bond acceptors (Lipinski definition) is 6. The first-order valence-corrected chi connectivity index (χ1v) is 8.12. The first-order chi connectivity index (χ1) is 12.8. The van der Waals surface area contributed by atoms with Crippen molar-refractivity contribution in [2.24, 2.45) is 0 Å². The van der Waals surface area contributed by atoms with E-state index in [2.05, 4.69) is 30.9 Å². The van der Waals surface area contributed by atoms with Gasteiger partial charge in [0.1, 0.15) is 12.4 Å². The average molecular weight is 348 g/mol. The lowest BCUT2D eigenvalue weighted by Gasteiger charge is -2.16. The fourth-order valence-electron chi connectivity index (χ4n) is 2.76. The molecule has 1 amide bonds. The van der Waals surface area contributed by atoms with Gasteiger partial charge in [-0.25, -0.2) is 14.2 Å². The van der Waals surface area contributed by atoms with E-state index in [0.29, 0.717) is 13.0 Å². The van der Waals surface area contributed by atoms with Crippen LogP contribution < -0.4 is 5.32 Å². The van der Waals surface area contributed by atoms with E-state index in [4.69, 9.17) is 0 Å². The highest BCUT2D eigenvalue weighted by molar-refractivity contribution is 5.80. The number of tetrazole rings is 1. The molecule has 1 atom stereocenters. The SMILES string of the molecule is O=C(NCc1cnn2cccnc12)[C@H](Cc1ccccc1)n1cnnn1. The van der Waals surface area contributed by atoms with E-state index in [1.807, 2.05) is 36.5 Å². The summed E-state index contributed by atoms with van der Waals surface area (Å²) in [6.07, 6.45) is 7.15. The summed E-state index contributed by atoms with van der Waals surface area (Å²) in [5, 5.41) is 18.4. The summed E-state index contributed by atoms with van der Waals surface area (Å²) < 4.78 is 3.14. The van der Waals surface area contributed by atoms with Gasteiger partial charge in [0.25, 0.3) is 0 Å². The number of fused-ring (bicyclic) bond motifs is 1. The van der Waals surface area contributed by atoms with Gasteiger partial charge in [0.2, 0.25) is 5.91 Å². The number of nitrogens with one attached hydrogen (secondary N) is 1. The average Bonchev–Trinajstić information content (AvgIpc) is 3.35. The summed E-state index contributed by atoms with van der Waals surface area (Å²) in [5.41, 5.74) is 2.59. The maximum absolute atomic E-state index is 12.8. The third-order valence-corrected chi connectivity index (χ3v) is 4.06. The molecule has 0 spiro atoms. The fourth-order valence-corrected chi connectivity index (χ4v) is 2.76. The second-order valence-corrected chi connectivity index (χ2v) is 5.77. The van der Waals surface area contributed by atoms with E-state index in [1.165, 1.54) is 11.0 Å². The van der Waals surface area contributed by atoms with Gasteiger partial charge in [-0.1, -0.05) is 30.3 Å². The van der Waals surface area contributed by atoms with E-state index in [-0.39, 0.29) is 5.91 Å². The Bertz CT molecular complexity index is 996. The number of carbonyl (C=O) groups is 1. The molecule has 9 nitrogen and oxygen atoms in total. The van der Waals surface area contributed by atoms with E-state index >= 15 is 0 Å². The van der Waals surface area contributed by atoms with Crippen molar-refractivity contribution in [1.29, 1.82) is 0 Å². The minimum Gasteiger partial charge on any atom is -0.350 e. The molecule has 0 saturated carbocycles. The molecule has 0 fully saturated rings. The van der Waals surface area contributed by atoms with E-state index in [1.54, 1.807) is 23.0 Å². The van der Waals surface area contributed by atoms with Crippen LogP contribution in [0.25, 0.3) is 5.65 Å². The summed E-state index contributed by atoms with van der Waals surface area (Å²) in [4.78, 5) is 17.1. The van der Waals surface area contributed by atoms with Crippen molar-refractivity contribution in [3.63, 3.8) is 0 Å². The van der Waals surface area contributed by atoms with Crippen LogP contribution in [-0.4, -0.2) is 40.7 Å². The number of carbonyl (C=O) groups excluding carboxylic acids is 1. The Morgan fingerprint density at radius 2 is 2.08 bits per heavy atom. The van der Waals surface area contributed by atoms with Crippen LogP contribution in [0.15, 0.2) is 61.3 Å². The maximum atomic E-state index is 12.8.